The average molecular weight is 323 g/mol. The van der Waals surface area contributed by atoms with Crippen LogP contribution in [0.25, 0.3) is 0 Å². The minimum absolute atomic E-state index is 0.187. The molecule has 1 amide bonds. The van der Waals surface area contributed by atoms with Crippen LogP contribution < -0.4 is 5.32 Å². The zero-order valence-corrected chi connectivity index (χ0v) is 14.3. The van der Waals surface area contributed by atoms with Crippen molar-refractivity contribution >= 4 is 23.2 Å². The van der Waals surface area contributed by atoms with Crippen molar-refractivity contribution in [3.05, 3.63) is 21.4 Å². The lowest BCUT2D eigenvalue weighted by atomic mass is 10.1. The molecule has 0 unspecified atom stereocenters. The van der Waals surface area contributed by atoms with Crippen LogP contribution in [0, 0.1) is 6.92 Å². The first-order chi connectivity index (χ1) is 10.6. The number of thiophene rings is 1. The summed E-state index contributed by atoms with van der Waals surface area (Å²) in [5.41, 5.74) is 1.11. The standard InChI is InChI=1S/C17H25NO3S/c1-3-14-12(2)10-15(22-14)17(20)21-11-16(19)18-13-8-6-4-5-7-9-13/h10,13H,3-9,11H2,1-2H3,(H,18,19). The predicted octanol–water partition coefficient (Wildman–Crippen LogP) is 3.61. The molecular weight excluding hydrogens is 298 g/mol. The Kier molecular flexibility index (Phi) is 6.43. The van der Waals surface area contributed by atoms with E-state index in [0.717, 1.165) is 24.8 Å². The SMILES string of the molecule is CCc1sc(C(=O)OCC(=O)NC2CCCCCC2)cc1C. The van der Waals surface area contributed by atoms with Gasteiger partial charge in [-0.1, -0.05) is 32.6 Å². The largest absolute Gasteiger partial charge is 0.451 e. The predicted molar refractivity (Wildman–Crippen MR) is 88.3 cm³/mol. The Morgan fingerprint density at radius 2 is 1.95 bits per heavy atom. The molecule has 0 bridgehead atoms. The maximum absolute atomic E-state index is 12.0. The van der Waals surface area contributed by atoms with Gasteiger partial charge < -0.3 is 10.1 Å². The van der Waals surface area contributed by atoms with Gasteiger partial charge in [0.1, 0.15) is 4.88 Å². The molecule has 4 nitrogen and oxygen atoms in total. The molecule has 0 spiro atoms. The minimum Gasteiger partial charge on any atom is -0.451 e. The van der Waals surface area contributed by atoms with E-state index < -0.39 is 5.97 Å². The fourth-order valence-electron chi connectivity index (χ4n) is 2.87. The minimum atomic E-state index is -0.399. The first kappa shape index (κ1) is 17.0. The topological polar surface area (TPSA) is 55.4 Å². The highest BCUT2D eigenvalue weighted by atomic mass is 32.1. The molecule has 0 aromatic carbocycles. The maximum Gasteiger partial charge on any atom is 0.348 e. The molecule has 2 rings (SSSR count). The molecule has 5 heteroatoms. The van der Waals surface area contributed by atoms with Crippen LogP contribution in [0.3, 0.4) is 0 Å². The molecule has 0 aliphatic heterocycles. The Balaban J connectivity index is 1.78. The summed E-state index contributed by atoms with van der Waals surface area (Å²) in [6.07, 6.45) is 7.80. The molecule has 1 heterocycles. The Morgan fingerprint density at radius 1 is 1.27 bits per heavy atom. The van der Waals surface area contributed by atoms with Crippen molar-refractivity contribution in [2.24, 2.45) is 0 Å². The quantitative estimate of drug-likeness (QED) is 0.665. The van der Waals surface area contributed by atoms with Crippen LogP contribution >= 0.6 is 11.3 Å². The van der Waals surface area contributed by atoms with Gasteiger partial charge in [-0.25, -0.2) is 4.79 Å². The van der Waals surface area contributed by atoms with E-state index >= 15 is 0 Å². The lowest BCUT2D eigenvalue weighted by molar-refractivity contribution is -0.125. The van der Waals surface area contributed by atoms with Crippen LogP contribution in [-0.2, 0) is 16.0 Å². The van der Waals surface area contributed by atoms with Gasteiger partial charge in [0, 0.05) is 10.9 Å². The molecule has 0 radical (unpaired) electrons. The van der Waals surface area contributed by atoms with Crippen molar-refractivity contribution in [3.63, 3.8) is 0 Å². The molecule has 1 fully saturated rings. The van der Waals surface area contributed by atoms with Gasteiger partial charge in [0.15, 0.2) is 6.61 Å². The average Bonchev–Trinajstić information content (AvgIpc) is 2.71. The molecule has 0 saturated heterocycles. The Hall–Kier alpha value is -1.36. The van der Waals surface area contributed by atoms with Crippen molar-refractivity contribution < 1.29 is 14.3 Å². The van der Waals surface area contributed by atoms with Gasteiger partial charge in [-0.2, -0.15) is 0 Å². The maximum atomic E-state index is 12.0. The highest BCUT2D eigenvalue weighted by molar-refractivity contribution is 7.14. The normalized spacial score (nSPS) is 16.1. The molecule has 0 atom stereocenters. The number of nitrogens with one attached hydrogen (secondary N) is 1. The van der Waals surface area contributed by atoms with Gasteiger partial charge in [0.25, 0.3) is 5.91 Å². The van der Waals surface area contributed by atoms with Crippen LogP contribution in [0.1, 0.15) is 65.6 Å². The summed E-state index contributed by atoms with van der Waals surface area (Å²) in [6.45, 7) is 3.87. The zero-order valence-electron chi connectivity index (χ0n) is 13.4. The highest BCUT2D eigenvalue weighted by Gasteiger charge is 2.17. The number of rotatable bonds is 5. The van der Waals surface area contributed by atoms with E-state index in [1.807, 2.05) is 13.0 Å². The molecule has 1 aromatic rings. The van der Waals surface area contributed by atoms with Crippen molar-refractivity contribution in [1.82, 2.24) is 5.32 Å². The summed E-state index contributed by atoms with van der Waals surface area (Å²) in [5.74, 6) is -0.590. The molecule has 1 saturated carbocycles. The van der Waals surface area contributed by atoms with E-state index in [-0.39, 0.29) is 18.6 Å². The van der Waals surface area contributed by atoms with Gasteiger partial charge in [0.2, 0.25) is 0 Å². The molecule has 22 heavy (non-hydrogen) atoms. The van der Waals surface area contributed by atoms with Crippen molar-refractivity contribution in [2.45, 2.75) is 64.8 Å². The monoisotopic (exact) mass is 323 g/mol. The van der Waals surface area contributed by atoms with Crippen LogP contribution in [0.5, 0.6) is 0 Å². The molecule has 1 aromatic heterocycles. The summed E-state index contributed by atoms with van der Waals surface area (Å²) in [5, 5.41) is 2.98. The fourth-order valence-corrected chi connectivity index (χ4v) is 3.87. The fraction of sp³-hybridized carbons (Fsp3) is 0.647. The lowest BCUT2D eigenvalue weighted by Gasteiger charge is -2.15. The van der Waals surface area contributed by atoms with E-state index in [2.05, 4.69) is 12.2 Å². The smallest absolute Gasteiger partial charge is 0.348 e. The first-order valence-electron chi connectivity index (χ1n) is 8.16. The number of amides is 1. The summed E-state index contributed by atoms with van der Waals surface area (Å²) < 4.78 is 5.13. The van der Waals surface area contributed by atoms with Crippen molar-refractivity contribution in [1.29, 1.82) is 0 Å². The van der Waals surface area contributed by atoms with E-state index in [0.29, 0.717) is 4.88 Å². The number of esters is 1. The van der Waals surface area contributed by atoms with Gasteiger partial charge in [0.05, 0.1) is 0 Å². The van der Waals surface area contributed by atoms with Crippen molar-refractivity contribution in [2.75, 3.05) is 6.61 Å². The summed E-state index contributed by atoms with van der Waals surface area (Å²) >= 11 is 1.45. The highest BCUT2D eigenvalue weighted by Crippen LogP contribution is 2.23. The number of hydrogen-bond donors (Lipinski definition) is 1. The van der Waals surface area contributed by atoms with E-state index in [4.69, 9.17) is 4.74 Å². The molecule has 122 valence electrons. The Labute approximate surface area is 136 Å². The number of ether oxygens (including phenoxy) is 1. The van der Waals surface area contributed by atoms with Crippen LogP contribution in [0.15, 0.2) is 6.07 Å². The van der Waals surface area contributed by atoms with Gasteiger partial charge in [-0.05, 0) is 37.8 Å². The molecular formula is C17H25NO3S. The summed E-state index contributed by atoms with van der Waals surface area (Å²) in [6, 6.07) is 2.08. The molecule has 1 aliphatic rings. The van der Waals surface area contributed by atoms with Crippen molar-refractivity contribution in [3.8, 4) is 0 Å². The van der Waals surface area contributed by atoms with E-state index in [9.17, 15) is 9.59 Å². The summed E-state index contributed by atoms with van der Waals surface area (Å²) in [4.78, 5) is 25.7. The van der Waals surface area contributed by atoms with E-state index in [1.54, 1.807) is 0 Å². The number of carbonyl (C=O) groups is 2. The third kappa shape index (κ3) is 4.83. The van der Waals surface area contributed by atoms with E-state index in [1.165, 1.54) is 41.9 Å². The van der Waals surface area contributed by atoms with Crippen LogP contribution in [0.4, 0.5) is 0 Å². The third-order valence-electron chi connectivity index (χ3n) is 4.10. The Morgan fingerprint density at radius 3 is 2.55 bits per heavy atom. The van der Waals surface area contributed by atoms with Gasteiger partial charge in [-0.15, -0.1) is 11.3 Å². The van der Waals surface area contributed by atoms with Gasteiger partial charge in [-0.3, -0.25) is 4.79 Å². The molecule has 1 aliphatic carbocycles. The van der Waals surface area contributed by atoms with Crippen LogP contribution in [-0.4, -0.2) is 24.5 Å². The second kappa shape index (κ2) is 8.32. The number of carbonyl (C=O) groups excluding carboxylic acids is 2. The van der Waals surface area contributed by atoms with Gasteiger partial charge >= 0.3 is 5.97 Å². The second-order valence-corrected chi connectivity index (χ2v) is 7.04. The summed E-state index contributed by atoms with van der Waals surface area (Å²) in [7, 11) is 0. The zero-order chi connectivity index (χ0) is 15.9. The number of aryl methyl sites for hydroxylation is 2. The lowest BCUT2D eigenvalue weighted by Crippen LogP contribution is -2.37. The molecule has 1 N–H and O–H groups in total. The van der Waals surface area contributed by atoms with Crippen LogP contribution in [0.2, 0.25) is 0 Å². The third-order valence-corrected chi connectivity index (χ3v) is 5.46. The first-order valence-corrected chi connectivity index (χ1v) is 8.97. The second-order valence-electron chi connectivity index (χ2n) is 5.90. The Bertz CT molecular complexity index is 516. The number of hydrogen-bond acceptors (Lipinski definition) is 4.